The molecule has 8 heteroatoms. The summed E-state index contributed by atoms with van der Waals surface area (Å²) in [6.45, 7) is 2.94. The van der Waals surface area contributed by atoms with E-state index >= 15 is 0 Å². The van der Waals surface area contributed by atoms with Gasteiger partial charge in [0.15, 0.2) is 0 Å². The van der Waals surface area contributed by atoms with Crippen LogP contribution in [0.1, 0.15) is 83.8 Å². The molecule has 1 aromatic rings. The number of carbonyl (C=O) groups excluding carboxylic acids is 1. The Bertz CT molecular complexity index is 802. The maximum atomic E-state index is 12.8. The Morgan fingerprint density at radius 2 is 1.72 bits per heavy atom. The van der Waals surface area contributed by atoms with Gasteiger partial charge >= 0.3 is 11.7 Å². The van der Waals surface area contributed by atoms with Gasteiger partial charge in [0.25, 0.3) is 5.56 Å². The highest BCUT2D eigenvalue weighted by atomic mass is 16.5. The monoisotopic (exact) mass is 451 g/mol. The Morgan fingerprint density at radius 1 is 1.06 bits per heavy atom. The van der Waals surface area contributed by atoms with Gasteiger partial charge in [-0.1, -0.05) is 58.3 Å². The number of likely N-dealkylation sites (N-methyl/N-ethyl adjacent to an activating group) is 1. The quantitative estimate of drug-likeness (QED) is 0.300. The second-order valence-electron chi connectivity index (χ2n) is 9.03. The topological polar surface area (TPSA) is 82.8 Å². The largest absolute Gasteiger partial charge is 0.464 e. The lowest BCUT2D eigenvalue weighted by molar-refractivity contribution is -0.144. The molecule has 1 aliphatic rings. The minimum Gasteiger partial charge on any atom is -0.464 e. The minimum atomic E-state index is -0.556. The van der Waals surface area contributed by atoms with Gasteiger partial charge in [0, 0.05) is 18.8 Å². The van der Waals surface area contributed by atoms with Crippen LogP contribution in [-0.2, 0) is 20.8 Å². The fourth-order valence-corrected chi connectivity index (χ4v) is 4.10. The van der Waals surface area contributed by atoms with Crippen LogP contribution in [-0.4, -0.2) is 53.4 Å². The standard InChI is InChI=1S/C24H41N3O5/c1-4-5-6-7-8-9-10-11-12-17-31-23(29)19-27-21(28)15-16-26(24(27)30)22-14-13-20(32-22)18-25(2)3/h15-16,20,22H,4-14,17-19H2,1-3H3. The zero-order chi connectivity index (χ0) is 23.3. The number of ether oxygens (including phenoxy) is 2. The zero-order valence-corrected chi connectivity index (χ0v) is 20.1. The SMILES string of the molecule is CCCCCCCCCCCOC(=O)Cn1c(=O)ccn(C2CCC(CN(C)C)O2)c1=O. The van der Waals surface area contributed by atoms with E-state index in [4.69, 9.17) is 9.47 Å². The lowest BCUT2D eigenvalue weighted by atomic mass is 10.1. The lowest BCUT2D eigenvalue weighted by Crippen LogP contribution is -2.42. The number of nitrogens with zero attached hydrogens (tertiary/aromatic N) is 3. The van der Waals surface area contributed by atoms with Gasteiger partial charge in [-0.2, -0.15) is 0 Å². The molecule has 1 fully saturated rings. The number of hydrogen-bond acceptors (Lipinski definition) is 6. The van der Waals surface area contributed by atoms with Crippen molar-refractivity contribution < 1.29 is 14.3 Å². The molecule has 0 saturated carbocycles. The van der Waals surface area contributed by atoms with E-state index in [1.807, 2.05) is 19.0 Å². The van der Waals surface area contributed by atoms with Crippen molar-refractivity contribution in [1.82, 2.24) is 14.0 Å². The first-order chi connectivity index (χ1) is 15.4. The van der Waals surface area contributed by atoms with Gasteiger partial charge in [-0.15, -0.1) is 0 Å². The molecule has 2 rings (SSSR count). The van der Waals surface area contributed by atoms with E-state index in [2.05, 4.69) is 6.92 Å². The summed E-state index contributed by atoms with van der Waals surface area (Å²) in [5.41, 5.74) is -1.04. The van der Waals surface area contributed by atoms with Gasteiger partial charge in [0.05, 0.1) is 12.7 Å². The molecule has 8 nitrogen and oxygen atoms in total. The molecular weight excluding hydrogens is 410 g/mol. The molecule has 2 atom stereocenters. The number of hydrogen-bond donors (Lipinski definition) is 0. The first-order valence-electron chi connectivity index (χ1n) is 12.2. The predicted molar refractivity (Wildman–Crippen MR) is 125 cm³/mol. The van der Waals surface area contributed by atoms with Crippen molar-refractivity contribution in [2.45, 2.75) is 96.4 Å². The Labute approximate surface area is 191 Å². The highest BCUT2D eigenvalue weighted by Gasteiger charge is 2.28. The second kappa shape index (κ2) is 14.3. The van der Waals surface area contributed by atoms with E-state index in [0.29, 0.717) is 13.0 Å². The average molecular weight is 452 g/mol. The summed E-state index contributed by atoms with van der Waals surface area (Å²) in [5, 5.41) is 0. The fourth-order valence-electron chi connectivity index (χ4n) is 4.10. The Balaban J connectivity index is 1.75. The zero-order valence-electron chi connectivity index (χ0n) is 20.1. The molecular formula is C24H41N3O5. The van der Waals surface area contributed by atoms with Crippen molar-refractivity contribution in [1.29, 1.82) is 0 Å². The summed E-state index contributed by atoms with van der Waals surface area (Å²) >= 11 is 0. The normalized spacial score (nSPS) is 18.4. The van der Waals surface area contributed by atoms with Crippen molar-refractivity contribution in [3.63, 3.8) is 0 Å². The van der Waals surface area contributed by atoms with Crippen LogP contribution in [0.3, 0.4) is 0 Å². The molecule has 0 spiro atoms. The molecule has 2 unspecified atom stereocenters. The highest BCUT2D eigenvalue weighted by Crippen LogP contribution is 2.27. The summed E-state index contributed by atoms with van der Waals surface area (Å²) in [6.07, 6.45) is 13.3. The van der Waals surface area contributed by atoms with Crippen LogP contribution < -0.4 is 11.2 Å². The van der Waals surface area contributed by atoms with Crippen LogP contribution in [0.15, 0.2) is 21.9 Å². The van der Waals surface area contributed by atoms with Crippen molar-refractivity contribution in [3.05, 3.63) is 33.1 Å². The van der Waals surface area contributed by atoms with Crippen LogP contribution in [0.5, 0.6) is 0 Å². The predicted octanol–water partition coefficient (Wildman–Crippen LogP) is 3.32. The van der Waals surface area contributed by atoms with Gasteiger partial charge in [-0.05, 0) is 33.4 Å². The van der Waals surface area contributed by atoms with Gasteiger partial charge in [0.2, 0.25) is 0 Å². The molecule has 0 aliphatic carbocycles. The maximum absolute atomic E-state index is 12.8. The number of unbranched alkanes of at least 4 members (excludes halogenated alkanes) is 8. The van der Waals surface area contributed by atoms with Crippen molar-refractivity contribution in [2.24, 2.45) is 0 Å². The van der Waals surface area contributed by atoms with Crippen molar-refractivity contribution in [3.8, 4) is 0 Å². The molecule has 182 valence electrons. The van der Waals surface area contributed by atoms with Crippen molar-refractivity contribution in [2.75, 3.05) is 27.2 Å². The Hall–Kier alpha value is -1.93. The molecule has 0 radical (unpaired) electrons. The molecule has 1 saturated heterocycles. The number of rotatable bonds is 15. The first kappa shape index (κ1) is 26.3. The van der Waals surface area contributed by atoms with Gasteiger partial charge < -0.3 is 14.4 Å². The average Bonchev–Trinajstić information content (AvgIpc) is 3.19. The molecule has 2 heterocycles. The van der Waals surface area contributed by atoms with E-state index in [1.54, 1.807) is 0 Å². The minimum absolute atomic E-state index is 0.0450. The maximum Gasteiger partial charge on any atom is 0.333 e. The van der Waals surface area contributed by atoms with Gasteiger partial charge in [-0.25, -0.2) is 9.36 Å². The van der Waals surface area contributed by atoms with Crippen LogP contribution in [0.25, 0.3) is 0 Å². The van der Waals surface area contributed by atoms with Crippen LogP contribution in [0.4, 0.5) is 0 Å². The van der Waals surface area contributed by atoms with Gasteiger partial charge in [-0.3, -0.25) is 14.2 Å². The second-order valence-corrected chi connectivity index (χ2v) is 9.03. The lowest BCUT2D eigenvalue weighted by Gasteiger charge is -2.19. The first-order valence-corrected chi connectivity index (χ1v) is 12.2. The number of aromatic nitrogens is 2. The summed E-state index contributed by atoms with van der Waals surface area (Å²) in [7, 11) is 3.95. The highest BCUT2D eigenvalue weighted by molar-refractivity contribution is 5.69. The summed E-state index contributed by atoms with van der Waals surface area (Å²) < 4.78 is 13.6. The third-order valence-corrected chi connectivity index (χ3v) is 5.86. The van der Waals surface area contributed by atoms with E-state index in [0.717, 1.165) is 36.8 Å². The van der Waals surface area contributed by atoms with E-state index in [-0.39, 0.29) is 12.6 Å². The van der Waals surface area contributed by atoms with E-state index < -0.39 is 23.4 Å². The van der Waals surface area contributed by atoms with Crippen molar-refractivity contribution >= 4 is 5.97 Å². The summed E-state index contributed by atoms with van der Waals surface area (Å²) in [4.78, 5) is 39.2. The summed E-state index contributed by atoms with van der Waals surface area (Å²) in [6, 6.07) is 1.30. The smallest absolute Gasteiger partial charge is 0.333 e. The number of carbonyl (C=O) groups is 1. The van der Waals surface area contributed by atoms with Crippen LogP contribution in [0.2, 0.25) is 0 Å². The van der Waals surface area contributed by atoms with Crippen LogP contribution >= 0.6 is 0 Å². The molecule has 0 N–H and O–H groups in total. The van der Waals surface area contributed by atoms with Crippen LogP contribution in [0, 0.1) is 0 Å². The van der Waals surface area contributed by atoms with Gasteiger partial charge in [0.1, 0.15) is 12.8 Å². The molecule has 0 amide bonds. The third kappa shape index (κ3) is 8.90. The molecule has 0 aromatic carbocycles. The molecule has 32 heavy (non-hydrogen) atoms. The summed E-state index contributed by atoms with van der Waals surface area (Å²) in [5.74, 6) is -0.556. The van der Waals surface area contributed by atoms with E-state index in [1.165, 1.54) is 55.4 Å². The Kier molecular flexibility index (Phi) is 11.7. The molecule has 0 bridgehead atoms. The number of esters is 1. The third-order valence-electron chi connectivity index (χ3n) is 5.86. The molecule has 1 aliphatic heterocycles. The van der Waals surface area contributed by atoms with E-state index in [9.17, 15) is 14.4 Å². The fraction of sp³-hybridized carbons (Fsp3) is 0.792. The Morgan fingerprint density at radius 3 is 2.38 bits per heavy atom. The molecule has 1 aromatic heterocycles.